The first-order valence-electron chi connectivity index (χ1n) is 6.26. The maximum Gasteiger partial charge on any atom is 0.324 e. The molecular formula is C13H18ClNO2S. The molecule has 1 aliphatic heterocycles. The maximum absolute atomic E-state index is 11.6. The van der Waals surface area contributed by atoms with Crippen LogP contribution in [0, 0.1) is 0 Å². The fraction of sp³-hybridized carbons (Fsp3) is 0.615. The predicted molar refractivity (Wildman–Crippen MR) is 74.3 cm³/mol. The highest BCUT2D eigenvalue weighted by Crippen LogP contribution is 2.41. The van der Waals surface area contributed by atoms with Crippen LogP contribution in [0.5, 0.6) is 0 Å². The van der Waals surface area contributed by atoms with Crippen LogP contribution in [-0.4, -0.2) is 28.1 Å². The summed E-state index contributed by atoms with van der Waals surface area (Å²) in [4.78, 5) is 14.9. The molecule has 100 valence electrons. The molecule has 0 bridgehead atoms. The van der Waals surface area contributed by atoms with Crippen molar-refractivity contribution in [1.82, 2.24) is 4.90 Å². The molecular weight excluding hydrogens is 270 g/mol. The minimum absolute atomic E-state index is 0.112. The summed E-state index contributed by atoms with van der Waals surface area (Å²) in [6, 6.07) is 3.99. The van der Waals surface area contributed by atoms with E-state index in [0.29, 0.717) is 6.42 Å². The highest BCUT2D eigenvalue weighted by atomic mass is 35.5. The Bertz CT molecular complexity index is 448. The number of rotatable bonds is 4. The Hall–Kier alpha value is -0.580. The fourth-order valence-electron chi connectivity index (χ4n) is 2.93. The highest BCUT2D eigenvalue weighted by molar-refractivity contribution is 7.16. The number of nitrogens with zero attached hydrogens (tertiary/aromatic N) is 1. The van der Waals surface area contributed by atoms with Gasteiger partial charge in [0.05, 0.1) is 4.34 Å². The Morgan fingerprint density at radius 2 is 2.39 bits per heavy atom. The average molecular weight is 288 g/mol. The summed E-state index contributed by atoms with van der Waals surface area (Å²) >= 11 is 7.50. The smallest absolute Gasteiger partial charge is 0.324 e. The standard InChI is InChI=1S/C13H18ClNO2S/c1-3-13(12(16)17)7-4-8-15(13)9(2)10-5-6-11(14)18-10/h5-6,9H,3-4,7-8H2,1-2H3,(H,16,17). The number of halogens is 1. The molecule has 0 aromatic carbocycles. The molecule has 1 aromatic heterocycles. The van der Waals surface area contributed by atoms with Gasteiger partial charge in [-0.05, 0) is 44.9 Å². The zero-order valence-corrected chi connectivity index (χ0v) is 12.2. The van der Waals surface area contributed by atoms with Gasteiger partial charge < -0.3 is 5.11 Å². The van der Waals surface area contributed by atoms with Crippen LogP contribution >= 0.6 is 22.9 Å². The molecule has 3 nitrogen and oxygen atoms in total. The molecule has 0 saturated carbocycles. The summed E-state index contributed by atoms with van der Waals surface area (Å²) in [6.45, 7) is 4.87. The Labute approximate surface area is 116 Å². The van der Waals surface area contributed by atoms with E-state index < -0.39 is 11.5 Å². The molecule has 1 saturated heterocycles. The van der Waals surface area contributed by atoms with E-state index in [1.54, 1.807) is 0 Å². The quantitative estimate of drug-likeness (QED) is 0.916. The van der Waals surface area contributed by atoms with Crippen molar-refractivity contribution in [2.45, 2.75) is 44.7 Å². The van der Waals surface area contributed by atoms with Gasteiger partial charge in [0.25, 0.3) is 0 Å². The topological polar surface area (TPSA) is 40.5 Å². The molecule has 18 heavy (non-hydrogen) atoms. The second-order valence-corrected chi connectivity index (χ2v) is 6.55. The van der Waals surface area contributed by atoms with Crippen molar-refractivity contribution in [1.29, 1.82) is 0 Å². The van der Waals surface area contributed by atoms with E-state index in [2.05, 4.69) is 11.8 Å². The molecule has 5 heteroatoms. The van der Waals surface area contributed by atoms with Crippen LogP contribution in [0.3, 0.4) is 0 Å². The molecule has 2 unspecified atom stereocenters. The van der Waals surface area contributed by atoms with Crippen LogP contribution in [0.15, 0.2) is 12.1 Å². The van der Waals surface area contributed by atoms with Gasteiger partial charge in [-0.15, -0.1) is 11.3 Å². The van der Waals surface area contributed by atoms with E-state index in [1.807, 2.05) is 19.1 Å². The van der Waals surface area contributed by atoms with Gasteiger partial charge in [0.15, 0.2) is 0 Å². The van der Waals surface area contributed by atoms with Gasteiger partial charge in [0, 0.05) is 10.9 Å². The summed E-state index contributed by atoms with van der Waals surface area (Å²) in [5.74, 6) is -0.697. The van der Waals surface area contributed by atoms with Crippen LogP contribution in [0.2, 0.25) is 4.34 Å². The van der Waals surface area contributed by atoms with Gasteiger partial charge in [-0.3, -0.25) is 9.69 Å². The predicted octanol–water partition coefficient (Wildman–Crippen LogP) is 3.79. The third-order valence-electron chi connectivity index (χ3n) is 4.00. The number of carbonyl (C=O) groups is 1. The maximum atomic E-state index is 11.6. The molecule has 0 amide bonds. The number of hydrogen-bond donors (Lipinski definition) is 1. The lowest BCUT2D eigenvalue weighted by molar-refractivity contribution is -0.151. The molecule has 1 N–H and O–H groups in total. The van der Waals surface area contributed by atoms with Crippen molar-refractivity contribution in [3.05, 3.63) is 21.3 Å². The first kappa shape index (κ1) is 13.8. The number of likely N-dealkylation sites (tertiary alicyclic amines) is 1. The largest absolute Gasteiger partial charge is 0.480 e. The van der Waals surface area contributed by atoms with Crippen LogP contribution in [0.25, 0.3) is 0 Å². The van der Waals surface area contributed by atoms with Crippen molar-refractivity contribution >= 4 is 28.9 Å². The zero-order chi connectivity index (χ0) is 13.3. The van der Waals surface area contributed by atoms with Crippen molar-refractivity contribution in [2.24, 2.45) is 0 Å². The van der Waals surface area contributed by atoms with Gasteiger partial charge >= 0.3 is 5.97 Å². The summed E-state index contributed by atoms with van der Waals surface area (Å²) < 4.78 is 0.758. The molecule has 0 spiro atoms. The summed E-state index contributed by atoms with van der Waals surface area (Å²) in [5.41, 5.74) is -0.699. The molecule has 2 rings (SSSR count). The highest BCUT2D eigenvalue weighted by Gasteiger charge is 2.48. The van der Waals surface area contributed by atoms with E-state index in [1.165, 1.54) is 11.3 Å². The van der Waals surface area contributed by atoms with E-state index in [4.69, 9.17) is 11.6 Å². The Balaban J connectivity index is 2.29. The van der Waals surface area contributed by atoms with Crippen molar-refractivity contribution < 1.29 is 9.90 Å². The number of aliphatic carboxylic acids is 1. The SMILES string of the molecule is CCC1(C(=O)O)CCCN1C(C)c1ccc(Cl)s1. The Kier molecular flexibility index (Phi) is 3.99. The first-order valence-corrected chi connectivity index (χ1v) is 7.46. The summed E-state index contributed by atoms with van der Waals surface area (Å²) in [7, 11) is 0. The number of thiophene rings is 1. The lowest BCUT2D eigenvalue weighted by Crippen LogP contribution is -2.50. The third kappa shape index (κ3) is 2.17. The molecule has 2 atom stereocenters. The second-order valence-electron chi connectivity index (χ2n) is 4.81. The average Bonchev–Trinajstić information content (AvgIpc) is 2.94. The number of hydrogen-bond acceptors (Lipinski definition) is 3. The monoisotopic (exact) mass is 287 g/mol. The minimum Gasteiger partial charge on any atom is -0.480 e. The first-order chi connectivity index (χ1) is 8.51. The Morgan fingerprint density at radius 3 is 2.89 bits per heavy atom. The lowest BCUT2D eigenvalue weighted by atomic mass is 9.92. The Morgan fingerprint density at radius 1 is 1.67 bits per heavy atom. The fourth-order valence-corrected chi connectivity index (χ4v) is 4.06. The van der Waals surface area contributed by atoms with Gasteiger partial charge in [-0.25, -0.2) is 0 Å². The van der Waals surface area contributed by atoms with E-state index in [9.17, 15) is 9.90 Å². The van der Waals surface area contributed by atoms with Crippen molar-refractivity contribution in [3.8, 4) is 0 Å². The molecule has 2 heterocycles. The second kappa shape index (κ2) is 5.19. The van der Waals surface area contributed by atoms with Gasteiger partial charge in [-0.1, -0.05) is 18.5 Å². The van der Waals surface area contributed by atoms with Gasteiger partial charge in [-0.2, -0.15) is 0 Å². The minimum atomic E-state index is -0.699. The number of carboxylic acids is 1. The van der Waals surface area contributed by atoms with Crippen molar-refractivity contribution in [2.75, 3.05) is 6.54 Å². The normalized spacial score (nSPS) is 26.4. The van der Waals surface area contributed by atoms with Gasteiger partial charge in [0.1, 0.15) is 5.54 Å². The van der Waals surface area contributed by atoms with Gasteiger partial charge in [0.2, 0.25) is 0 Å². The molecule has 1 aliphatic rings. The van der Waals surface area contributed by atoms with E-state index >= 15 is 0 Å². The summed E-state index contributed by atoms with van der Waals surface area (Å²) in [5, 5.41) is 9.57. The molecule has 1 aromatic rings. The van der Waals surface area contributed by atoms with Crippen LogP contribution < -0.4 is 0 Å². The van der Waals surface area contributed by atoms with Crippen LogP contribution in [0.4, 0.5) is 0 Å². The third-order valence-corrected chi connectivity index (χ3v) is 5.40. The number of carboxylic acid groups (broad SMARTS) is 1. The lowest BCUT2D eigenvalue weighted by Gasteiger charge is -2.37. The van der Waals surface area contributed by atoms with Crippen LogP contribution in [0.1, 0.15) is 44.0 Å². The van der Waals surface area contributed by atoms with E-state index in [-0.39, 0.29) is 6.04 Å². The molecule has 1 fully saturated rings. The molecule has 0 aliphatic carbocycles. The van der Waals surface area contributed by atoms with E-state index in [0.717, 1.165) is 28.6 Å². The van der Waals surface area contributed by atoms with Crippen LogP contribution in [-0.2, 0) is 4.79 Å². The summed E-state index contributed by atoms with van der Waals surface area (Å²) in [6.07, 6.45) is 2.33. The van der Waals surface area contributed by atoms with Crippen molar-refractivity contribution in [3.63, 3.8) is 0 Å². The zero-order valence-electron chi connectivity index (χ0n) is 10.6. The molecule has 0 radical (unpaired) electrons.